The number of ether oxygens (including phenoxy) is 2. The molecule has 230 valence electrons. The second-order valence-electron chi connectivity index (χ2n) is 13.7. The molecule has 0 bridgehead atoms. The molecule has 1 N–H and O–H groups in total. The Morgan fingerprint density at radius 2 is 1.81 bits per heavy atom. The summed E-state index contributed by atoms with van der Waals surface area (Å²) in [5.41, 5.74) is 0.406. The van der Waals surface area contributed by atoms with E-state index >= 15 is 0 Å². The van der Waals surface area contributed by atoms with E-state index < -0.39 is 18.0 Å². The van der Waals surface area contributed by atoms with E-state index in [1.807, 2.05) is 19.9 Å². The average Bonchev–Trinajstić information content (AvgIpc) is 3.54. The number of esters is 2. The van der Waals surface area contributed by atoms with Gasteiger partial charge in [0.2, 0.25) is 0 Å². The van der Waals surface area contributed by atoms with Crippen LogP contribution in [0.1, 0.15) is 92.9 Å². The SMILES string of the molecule is C=C(C(=O)C(CC1C(OC(C)=O)CC2C3CCC4CC(=O)C=CC45CC35CCC12C)OC(C)=O)C(C)CO.CC#CC. The fourth-order valence-corrected chi connectivity index (χ4v) is 9.54. The molecule has 0 heterocycles. The van der Waals surface area contributed by atoms with Gasteiger partial charge in [-0.05, 0) is 104 Å². The quantitative estimate of drug-likeness (QED) is 0.233. The van der Waals surface area contributed by atoms with Crippen LogP contribution in [0.25, 0.3) is 0 Å². The molecule has 4 saturated carbocycles. The Labute approximate surface area is 250 Å². The third-order valence-electron chi connectivity index (χ3n) is 11.7. The van der Waals surface area contributed by atoms with Gasteiger partial charge in [-0.3, -0.25) is 19.2 Å². The molecule has 0 saturated heterocycles. The maximum absolute atomic E-state index is 13.4. The van der Waals surface area contributed by atoms with Crippen molar-refractivity contribution in [3.63, 3.8) is 0 Å². The fourth-order valence-electron chi connectivity index (χ4n) is 9.54. The van der Waals surface area contributed by atoms with Crippen LogP contribution in [0.4, 0.5) is 0 Å². The monoisotopic (exact) mass is 580 g/mol. The maximum atomic E-state index is 13.4. The van der Waals surface area contributed by atoms with Gasteiger partial charge in [-0.1, -0.05) is 26.5 Å². The minimum Gasteiger partial charge on any atom is -0.462 e. The van der Waals surface area contributed by atoms with Gasteiger partial charge in [-0.15, -0.1) is 11.8 Å². The summed E-state index contributed by atoms with van der Waals surface area (Å²) in [6.07, 6.45) is 9.60. The van der Waals surface area contributed by atoms with Gasteiger partial charge < -0.3 is 14.6 Å². The topological polar surface area (TPSA) is 107 Å². The molecule has 10 unspecified atom stereocenters. The largest absolute Gasteiger partial charge is 0.462 e. The molecule has 0 aromatic heterocycles. The number of ketones is 2. The molecule has 2 spiro atoms. The Bertz CT molecular complexity index is 1220. The third-order valence-corrected chi connectivity index (χ3v) is 11.7. The first-order valence-corrected chi connectivity index (χ1v) is 15.5. The van der Waals surface area contributed by atoms with E-state index in [-0.39, 0.29) is 64.4 Å². The minimum atomic E-state index is -1.03. The van der Waals surface area contributed by atoms with Gasteiger partial charge in [-0.25, -0.2) is 0 Å². The second kappa shape index (κ2) is 12.1. The van der Waals surface area contributed by atoms with Crippen molar-refractivity contribution >= 4 is 23.5 Å². The highest BCUT2D eigenvalue weighted by molar-refractivity contribution is 5.99. The van der Waals surface area contributed by atoms with E-state index in [1.54, 1.807) is 6.92 Å². The Balaban J connectivity index is 0.000000952. The van der Waals surface area contributed by atoms with Crippen molar-refractivity contribution in [2.24, 2.45) is 45.8 Å². The van der Waals surface area contributed by atoms with Crippen LogP contribution in [0.15, 0.2) is 24.3 Å². The smallest absolute Gasteiger partial charge is 0.303 e. The first-order valence-electron chi connectivity index (χ1n) is 15.5. The van der Waals surface area contributed by atoms with Gasteiger partial charge in [0.25, 0.3) is 0 Å². The summed E-state index contributed by atoms with van der Waals surface area (Å²) in [4.78, 5) is 49.8. The zero-order chi connectivity index (χ0) is 31.0. The zero-order valence-corrected chi connectivity index (χ0v) is 26.2. The lowest BCUT2D eigenvalue weighted by Crippen LogP contribution is -2.49. The number of hydrogen-bond donors (Lipinski definition) is 1. The summed E-state index contributed by atoms with van der Waals surface area (Å²) in [7, 11) is 0. The van der Waals surface area contributed by atoms with Crippen molar-refractivity contribution in [1.29, 1.82) is 0 Å². The molecular formula is C35H48O7. The molecule has 4 fully saturated rings. The predicted molar refractivity (Wildman–Crippen MR) is 159 cm³/mol. The number of hydrogen-bond acceptors (Lipinski definition) is 7. The molecule has 0 aromatic rings. The number of carbonyl (C=O) groups excluding carboxylic acids is 4. The summed E-state index contributed by atoms with van der Waals surface area (Å²) in [5, 5.41) is 9.57. The molecule has 42 heavy (non-hydrogen) atoms. The molecule has 0 radical (unpaired) electrons. The van der Waals surface area contributed by atoms with E-state index in [0.717, 1.165) is 38.5 Å². The van der Waals surface area contributed by atoms with E-state index in [9.17, 15) is 24.3 Å². The van der Waals surface area contributed by atoms with Crippen molar-refractivity contribution in [3.05, 3.63) is 24.3 Å². The van der Waals surface area contributed by atoms with Crippen molar-refractivity contribution in [1.82, 2.24) is 0 Å². The predicted octanol–water partition coefficient (Wildman–Crippen LogP) is 5.39. The van der Waals surface area contributed by atoms with E-state index in [0.29, 0.717) is 24.2 Å². The summed E-state index contributed by atoms with van der Waals surface area (Å²) in [6, 6.07) is 0. The Kier molecular flexibility index (Phi) is 9.28. The standard InChI is InChI=1S/C31H42O7.C4H6/c1-17(15-32)18(2)28(36)27(38-20(4)34)14-25-26(37-19(3)33)13-24-23-7-6-21-12-22(35)8-9-30(21)16-31(23,30)11-10-29(24,25)5;1-3-4-2/h8-9,17,21,23-27,32H,2,6-7,10-16H2,1,3-5H3;1-2H3. The summed E-state index contributed by atoms with van der Waals surface area (Å²) in [6.45, 7) is 14.0. The van der Waals surface area contributed by atoms with Crippen LogP contribution in [0, 0.1) is 57.7 Å². The van der Waals surface area contributed by atoms with Crippen molar-refractivity contribution in [2.75, 3.05) is 6.61 Å². The van der Waals surface area contributed by atoms with Crippen LogP contribution in [-0.4, -0.2) is 47.4 Å². The third kappa shape index (κ3) is 5.41. The molecular weight excluding hydrogens is 532 g/mol. The molecule has 5 aliphatic carbocycles. The lowest BCUT2D eigenvalue weighted by Gasteiger charge is -2.54. The van der Waals surface area contributed by atoms with Gasteiger partial charge in [0.15, 0.2) is 17.7 Å². The first-order chi connectivity index (χ1) is 19.8. The van der Waals surface area contributed by atoms with Gasteiger partial charge >= 0.3 is 11.9 Å². The molecule has 0 aliphatic heterocycles. The summed E-state index contributed by atoms with van der Waals surface area (Å²) in [5.74, 6) is 5.00. The molecule has 5 rings (SSSR count). The van der Waals surface area contributed by atoms with Crippen LogP contribution in [0.3, 0.4) is 0 Å². The van der Waals surface area contributed by atoms with E-state index in [1.165, 1.54) is 13.8 Å². The maximum Gasteiger partial charge on any atom is 0.303 e. The van der Waals surface area contributed by atoms with Gasteiger partial charge in [0.1, 0.15) is 6.10 Å². The number of rotatable bonds is 8. The average molecular weight is 581 g/mol. The minimum absolute atomic E-state index is 0.134. The first kappa shape index (κ1) is 32.2. The zero-order valence-electron chi connectivity index (χ0n) is 26.2. The highest BCUT2D eigenvalue weighted by Gasteiger charge is 2.78. The van der Waals surface area contributed by atoms with Crippen LogP contribution >= 0.6 is 0 Å². The molecule has 0 aromatic carbocycles. The summed E-state index contributed by atoms with van der Waals surface area (Å²) >= 11 is 0. The van der Waals surface area contributed by atoms with Gasteiger partial charge in [0, 0.05) is 38.7 Å². The number of aliphatic hydroxyl groups excluding tert-OH is 1. The summed E-state index contributed by atoms with van der Waals surface area (Å²) < 4.78 is 11.5. The van der Waals surface area contributed by atoms with Crippen molar-refractivity contribution < 1.29 is 33.8 Å². The number of allylic oxidation sites excluding steroid dienone is 2. The van der Waals surface area contributed by atoms with E-state index in [2.05, 4.69) is 31.4 Å². The van der Waals surface area contributed by atoms with Crippen LogP contribution in [-0.2, 0) is 28.7 Å². The number of Topliss-reactive ketones (excluding diaryl/α,β-unsaturated/α-hetero) is 1. The van der Waals surface area contributed by atoms with Crippen LogP contribution in [0.5, 0.6) is 0 Å². The Morgan fingerprint density at radius 3 is 2.40 bits per heavy atom. The van der Waals surface area contributed by atoms with Crippen molar-refractivity contribution in [2.45, 2.75) is 105 Å². The van der Waals surface area contributed by atoms with Crippen LogP contribution in [0.2, 0.25) is 0 Å². The Hall–Kier alpha value is -2.72. The highest BCUT2D eigenvalue weighted by atomic mass is 16.6. The number of fused-ring (bicyclic) bond motifs is 2. The molecule has 7 nitrogen and oxygen atoms in total. The normalized spacial score (nSPS) is 38.4. The molecule has 0 amide bonds. The van der Waals surface area contributed by atoms with Crippen LogP contribution < -0.4 is 0 Å². The highest BCUT2D eigenvalue weighted by Crippen LogP contribution is 2.84. The lowest BCUT2D eigenvalue weighted by atomic mass is 9.50. The molecule has 10 atom stereocenters. The molecule has 5 aliphatic rings. The van der Waals surface area contributed by atoms with Gasteiger partial charge in [-0.2, -0.15) is 0 Å². The van der Waals surface area contributed by atoms with Crippen molar-refractivity contribution in [3.8, 4) is 11.8 Å². The fraction of sp³-hybridized carbons (Fsp3) is 0.714. The number of aliphatic hydroxyl groups is 1. The van der Waals surface area contributed by atoms with E-state index in [4.69, 9.17) is 9.47 Å². The lowest BCUT2D eigenvalue weighted by molar-refractivity contribution is -0.158. The second-order valence-corrected chi connectivity index (χ2v) is 13.7. The number of carbonyl (C=O) groups is 4. The van der Waals surface area contributed by atoms with Gasteiger partial charge in [0.05, 0.1) is 0 Å². The Morgan fingerprint density at radius 1 is 1.12 bits per heavy atom. The molecule has 7 heteroatoms.